The third-order valence-corrected chi connectivity index (χ3v) is 5.60. The first-order chi connectivity index (χ1) is 17.4. The van der Waals surface area contributed by atoms with Crippen LogP contribution in [-0.4, -0.2) is 30.9 Å². The standard InChI is InChI=1S/C27H19BrN2O6/c1-35-21-9-5-8-20(16-21)30-26(33)22(25(32)29-27(30)34)15-18-14-19(28)11-12-23(18)36-24(31)13-10-17-6-3-2-4-7-17/h2-16H,1H3,(H,29,32,34)/b13-10+,22-15-. The normalized spacial score (nSPS) is 14.8. The van der Waals surface area contributed by atoms with E-state index in [0.29, 0.717) is 10.2 Å². The maximum atomic E-state index is 13.2. The van der Waals surface area contributed by atoms with Gasteiger partial charge in [-0.25, -0.2) is 14.5 Å². The quantitative estimate of drug-likeness (QED) is 0.207. The Morgan fingerprint density at radius 3 is 2.50 bits per heavy atom. The zero-order chi connectivity index (χ0) is 25.7. The van der Waals surface area contributed by atoms with Crippen LogP contribution in [0, 0.1) is 0 Å². The van der Waals surface area contributed by atoms with E-state index in [1.54, 1.807) is 36.4 Å². The Balaban J connectivity index is 1.65. The van der Waals surface area contributed by atoms with Crippen LogP contribution in [0.3, 0.4) is 0 Å². The molecule has 0 bridgehead atoms. The molecule has 36 heavy (non-hydrogen) atoms. The highest BCUT2D eigenvalue weighted by Crippen LogP contribution is 2.29. The predicted molar refractivity (Wildman–Crippen MR) is 137 cm³/mol. The number of anilines is 1. The van der Waals surface area contributed by atoms with E-state index < -0.39 is 23.8 Å². The number of ether oxygens (including phenoxy) is 2. The zero-order valence-corrected chi connectivity index (χ0v) is 20.5. The van der Waals surface area contributed by atoms with E-state index in [2.05, 4.69) is 21.2 Å². The Kier molecular flexibility index (Phi) is 7.41. The lowest BCUT2D eigenvalue weighted by Gasteiger charge is -2.26. The van der Waals surface area contributed by atoms with E-state index in [1.807, 2.05) is 30.3 Å². The van der Waals surface area contributed by atoms with Crippen molar-refractivity contribution in [3.8, 4) is 11.5 Å². The fourth-order valence-corrected chi connectivity index (χ4v) is 3.77. The van der Waals surface area contributed by atoms with Crippen LogP contribution in [0.5, 0.6) is 11.5 Å². The molecule has 1 aliphatic rings. The number of carbonyl (C=O) groups excluding carboxylic acids is 4. The molecule has 1 aliphatic heterocycles. The maximum Gasteiger partial charge on any atom is 0.336 e. The SMILES string of the molecule is COc1cccc(N2C(=O)NC(=O)/C(=C/c3cc(Br)ccc3OC(=O)/C=C/c3ccccc3)C2=O)c1. The van der Waals surface area contributed by atoms with E-state index in [1.165, 1.54) is 31.4 Å². The second-order valence-corrected chi connectivity index (χ2v) is 8.42. The van der Waals surface area contributed by atoms with Gasteiger partial charge in [-0.15, -0.1) is 0 Å². The second kappa shape index (κ2) is 10.8. The summed E-state index contributed by atoms with van der Waals surface area (Å²) in [6.45, 7) is 0. The summed E-state index contributed by atoms with van der Waals surface area (Å²) in [5, 5.41) is 2.17. The molecule has 0 saturated carbocycles. The zero-order valence-electron chi connectivity index (χ0n) is 18.9. The summed E-state index contributed by atoms with van der Waals surface area (Å²) < 4.78 is 11.3. The molecule has 3 aromatic rings. The van der Waals surface area contributed by atoms with Gasteiger partial charge in [-0.05, 0) is 48.0 Å². The van der Waals surface area contributed by atoms with Crippen molar-refractivity contribution >= 4 is 57.6 Å². The molecular weight excluding hydrogens is 528 g/mol. The van der Waals surface area contributed by atoms with Gasteiger partial charge in [-0.2, -0.15) is 0 Å². The van der Waals surface area contributed by atoms with Crippen molar-refractivity contribution in [2.24, 2.45) is 0 Å². The lowest BCUT2D eigenvalue weighted by atomic mass is 10.1. The minimum Gasteiger partial charge on any atom is -0.497 e. The first kappa shape index (κ1) is 24.6. The van der Waals surface area contributed by atoms with Crippen molar-refractivity contribution in [3.63, 3.8) is 0 Å². The molecule has 1 fully saturated rings. The molecule has 0 aromatic heterocycles. The molecule has 180 valence electrons. The number of rotatable bonds is 6. The fourth-order valence-electron chi connectivity index (χ4n) is 3.39. The van der Waals surface area contributed by atoms with E-state index in [9.17, 15) is 19.2 Å². The van der Waals surface area contributed by atoms with Crippen LogP contribution >= 0.6 is 15.9 Å². The van der Waals surface area contributed by atoms with Crippen LogP contribution in [0.4, 0.5) is 10.5 Å². The average Bonchev–Trinajstić information content (AvgIpc) is 2.87. The van der Waals surface area contributed by atoms with Crippen LogP contribution in [0.1, 0.15) is 11.1 Å². The molecule has 4 amide bonds. The van der Waals surface area contributed by atoms with Gasteiger partial charge in [0.15, 0.2) is 0 Å². The summed E-state index contributed by atoms with van der Waals surface area (Å²) in [5.74, 6) is -1.80. The summed E-state index contributed by atoms with van der Waals surface area (Å²) in [6.07, 6.45) is 4.15. The molecule has 0 aliphatic carbocycles. The molecule has 1 saturated heterocycles. The van der Waals surface area contributed by atoms with Gasteiger partial charge in [0.25, 0.3) is 11.8 Å². The molecule has 4 rings (SSSR count). The average molecular weight is 547 g/mol. The highest BCUT2D eigenvalue weighted by atomic mass is 79.9. The Labute approximate surface area is 214 Å². The second-order valence-electron chi connectivity index (χ2n) is 7.51. The molecular formula is C27H19BrN2O6. The topological polar surface area (TPSA) is 102 Å². The van der Waals surface area contributed by atoms with Crippen molar-refractivity contribution < 1.29 is 28.7 Å². The van der Waals surface area contributed by atoms with E-state index in [4.69, 9.17) is 9.47 Å². The van der Waals surface area contributed by atoms with Crippen LogP contribution in [0.15, 0.2) is 88.9 Å². The Bertz CT molecular complexity index is 1410. The maximum absolute atomic E-state index is 13.2. The van der Waals surface area contributed by atoms with Crippen molar-refractivity contribution in [1.29, 1.82) is 0 Å². The number of methoxy groups -OCH3 is 1. The lowest BCUT2D eigenvalue weighted by Crippen LogP contribution is -2.54. The Morgan fingerprint density at radius 2 is 1.75 bits per heavy atom. The largest absolute Gasteiger partial charge is 0.497 e. The smallest absolute Gasteiger partial charge is 0.336 e. The number of nitrogens with one attached hydrogen (secondary N) is 1. The van der Waals surface area contributed by atoms with Crippen molar-refractivity contribution in [3.05, 3.63) is 100 Å². The lowest BCUT2D eigenvalue weighted by molar-refractivity contribution is -0.129. The number of amides is 4. The van der Waals surface area contributed by atoms with Crippen LogP contribution in [-0.2, 0) is 14.4 Å². The fraction of sp³-hybridized carbons (Fsp3) is 0.0370. The molecule has 1 N–H and O–H groups in total. The predicted octanol–water partition coefficient (Wildman–Crippen LogP) is 4.74. The van der Waals surface area contributed by atoms with Gasteiger partial charge in [-0.1, -0.05) is 52.3 Å². The highest BCUT2D eigenvalue weighted by molar-refractivity contribution is 9.10. The summed E-state index contributed by atoms with van der Waals surface area (Å²) in [4.78, 5) is 51.6. The van der Waals surface area contributed by atoms with E-state index >= 15 is 0 Å². The third kappa shape index (κ3) is 5.59. The molecule has 1 heterocycles. The molecule has 8 nitrogen and oxygen atoms in total. The van der Waals surface area contributed by atoms with Crippen LogP contribution < -0.4 is 19.7 Å². The summed E-state index contributed by atoms with van der Waals surface area (Å²) in [7, 11) is 1.46. The van der Waals surface area contributed by atoms with Crippen LogP contribution in [0.25, 0.3) is 12.2 Å². The number of carbonyl (C=O) groups is 4. The summed E-state index contributed by atoms with van der Waals surface area (Å²) >= 11 is 3.35. The number of imide groups is 2. The first-order valence-corrected chi connectivity index (χ1v) is 11.4. The minimum atomic E-state index is -0.887. The number of benzene rings is 3. The third-order valence-electron chi connectivity index (χ3n) is 5.11. The van der Waals surface area contributed by atoms with Gasteiger partial charge in [0, 0.05) is 22.2 Å². The van der Waals surface area contributed by atoms with Gasteiger partial charge < -0.3 is 9.47 Å². The molecule has 9 heteroatoms. The monoisotopic (exact) mass is 546 g/mol. The van der Waals surface area contributed by atoms with Gasteiger partial charge in [0.2, 0.25) is 0 Å². The van der Waals surface area contributed by atoms with Gasteiger partial charge >= 0.3 is 12.0 Å². The number of hydrogen-bond acceptors (Lipinski definition) is 6. The molecule has 3 aromatic carbocycles. The van der Waals surface area contributed by atoms with Crippen molar-refractivity contribution in [2.75, 3.05) is 12.0 Å². The number of barbiturate groups is 1. The van der Waals surface area contributed by atoms with E-state index in [0.717, 1.165) is 10.5 Å². The summed E-state index contributed by atoms with van der Waals surface area (Å²) in [5.41, 5.74) is 1.01. The number of nitrogens with zero attached hydrogens (tertiary/aromatic N) is 1. The molecule has 0 radical (unpaired) electrons. The highest BCUT2D eigenvalue weighted by Gasteiger charge is 2.37. The van der Waals surface area contributed by atoms with Crippen molar-refractivity contribution in [2.45, 2.75) is 0 Å². The summed E-state index contributed by atoms with van der Waals surface area (Å²) in [6, 6.07) is 19.4. The van der Waals surface area contributed by atoms with E-state index in [-0.39, 0.29) is 22.6 Å². The van der Waals surface area contributed by atoms with Crippen LogP contribution in [0.2, 0.25) is 0 Å². The number of esters is 1. The minimum absolute atomic E-state index is 0.124. The molecule has 0 unspecified atom stereocenters. The first-order valence-electron chi connectivity index (χ1n) is 10.7. The number of urea groups is 1. The van der Waals surface area contributed by atoms with Crippen molar-refractivity contribution in [1.82, 2.24) is 5.32 Å². The Morgan fingerprint density at radius 1 is 0.972 bits per heavy atom. The van der Waals surface area contributed by atoms with Gasteiger partial charge in [0.05, 0.1) is 12.8 Å². The molecule has 0 spiro atoms. The van der Waals surface area contributed by atoms with Gasteiger partial charge in [0.1, 0.15) is 17.1 Å². The van der Waals surface area contributed by atoms with Gasteiger partial charge in [-0.3, -0.25) is 14.9 Å². The Hall–Kier alpha value is -4.50. The number of halogens is 1. The molecule has 0 atom stereocenters. The number of hydrogen-bond donors (Lipinski definition) is 1.